The molecule has 1 saturated heterocycles. The number of hydrogen-bond acceptors (Lipinski definition) is 4. The molecule has 2 heterocycles. The van der Waals surface area contributed by atoms with Gasteiger partial charge in [-0.25, -0.2) is 9.37 Å². The highest BCUT2D eigenvalue weighted by atomic mass is 19.1. The molecule has 1 aliphatic rings. The van der Waals surface area contributed by atoms with Crippen LogP contribution >= 0.6 is 0 Å². The Morgan fingerprint density at radius 3 is 2.70 bits per heavy atom. The number of fused-ring (bicyclic) bond motifs is 1. The second-order valence-electron chi connectivity index (χ2n) is 7.69. The number of pyridine rings is 1. The molecule has 0 bridgehead atoms. The molecule has 5 heteroatoms. The van der Waals surface area contributed by atoms with Crippen LogP contribution < -0.4 is 5.73 Å². The van der Waals surface area contributed by atoms with Crippen molar-refractivity contribution in [2.75, 3.05) is 18.9 Å². The largest absolute Gasteiger partial charge is 0.384 e. The zero-order valence-electron chi connectivity index (χ0n) is 15.4. The van der Waals surface area contributed by atoms with Crippen molar-refractivity contribution in [2.45, 2.75) is 20.3 Å². The molecule has 0 radical (unpaired) electrons. The number of nitrogen functional groups attached to an aromatic ring is 1. The van der Waals surface area contributed by atoms with Gasteiger partial charge in [0.15, 0.2) is 5.78 Å². The van der Waals surface area contributed by atoms with E-state index in [-0.39, 0.29) is 23.2 Å². The van der Waals surface area contributed by atoms with Crippen molar-refractivity contribution in [1.82, 2.24) is 4.98 Å². The fraction of sp³-hybridized carbons (Fsp3) is 0.273. The Hall–Kier alpha value is -2.79. The predicted molar refractivity (Wildman–Crippen MR) is 104 cm³/mol. The average Bonchev–Trinajstić information content (AvgIpc) is 2.60. The summed E-state index contributed by atoms with van der Waals surface area (Å²) in [6.07, 6.45) is 1.96. The summed E-state index contributed by atoms with van der Waals surface area (Å²) in [6, 6.07) is 10.8. The number of rotatable bonds is 4. The molecule has 0 amide bonds. The van der Waals surface area contributed by atoms with E-state index in [4.69, 9.17) is 10.5 Å². The Kier molecular flexibility index (Phi) is 4.19. The van der Waals surface area contributed by atoms with Gasteiger partial charge in [-0.1, -0.05) is 25.1 Å². The Balaban J connectivity index is 1.76. The maximum atomic E-state index is 15.3. The van der Waals surface area contributed by atoms with Gasteiger partial charge >= 0.3 is 0 Å². The minimum absolute atomic E-state index is 0.138. The van der Waals surface area contributed by atoms with E-state index in [1.807, 2.05) is 32.0 Å². The molecular weight excluding hydrogens is 343 g/mol. The number of hydrogen-bond donors (Lipinski definition) is 1. The smallest absolute Gasteiger partial charge is 0.166 e. The second-order valence-corrected chi connectivity index (χ2v) is 7.69. The summed E-state index contributed by atoms with van der Waals surface area (Å²) in [5, 5.41) is 1.81. The zero-order valence-corrected chi connectivity index (χ0v) is 15.4. The molecule has 138 valence electrons. The number of ether oxygens (including phenoxy) is 1. The Morgan fingerprint density at radius 2 is 2.00 bits per heavy atom. The number of aryl methyl sites for hydroxylation is 1. The Bertz CT molecular complexity index is 1060. The molecule has 0 unspecified atom stereocenters. The number of Topliss-reactive ketones (excluding diaryl/α,β-unsaturated/α-hetero) is 1. The maximum absolute atomic E-state index is 15.3. The first-order valence-corrected chi connectivity index (χ1v) is 8.92. The number of nitrogens with two attached hydrogens (primary N) is 1. The van der Waals surface area contributed by atoms with E-state index in [9.17, 15) is 4.79 Å². The van der Waals surface area contributed by atoms with Crippen LogP contribution in [0.4, 0.5) is 10.2 Å². The van der Waals surface area contributed by atoms with E-state index >= 15 is 4.39 Å². The highest BCUT2D eigenvalue weighted by Gasteiger charge is 2.36. The molecule has 1 fully saturated rings. The lowest BCUT2D eigenvalue weighted by molar-refractivity contribution is -0.0997. The van der Waals surface area contributed by atoms with Gasteiger partial charge in [0, 0.05) is 29.0 Å². The third kappa shape index (κ3) is 3.19. The third-order valence-corrected chi connectivity index (χ3v) is 5.17. The van der Waals surface area contributed by atoms with Crippen molar-refractivity contribution in [1.29, 1.82) is 0 Å². The first kappa shape index (κ1) is 17.6. The van der Waals surface area contributed by atoms with Crippen LogP contribution in [-0.2, 0) is 4.74 Å². The van der Waals surface area contributed by atoms with Crippen LogP contribution in [0.25, 0.3) is 21.9 Å². The lowest BCUT2D eigenvalue weighted by atomic mass is 9.81. The number of aromatic nitrogens is 1. The summed E-state index contributed by atoms with van der Waals surface area (Å²) < 4.78 is 20.5. The van der Waals surface area contributed by atoms with Gasteiger partial charge in [0.25, 0.3) is 0 Å². The molecule has 0 spiro atoms. The summed E-state index contributed by atoms with van der Waals surface area (Å²) in [5.74, 6) is -0.208. The number of nitrogens with zero attached hydrogens (tertiary/aromatic N) is 1. The number of ketones is 1. The van der Waals surface area contributed by atoms with E-state index in [1.54, 1.807) is 24.4 Å². The number of anilines is 1. The van der Waals surface area contributed by atoms with Crippen LogP contribution in [0, 0.1) is 18.2 Å². The van der Waals surface area contributed by atoms with Gasteiger partial charge in [0.2, 0.25) is 0 Å². The number of halogens is 1. The topological polar surface area (TPSA) is 65.2 Å². The SMILES string of the molecule is Cc1ccc(C(=O)CC2(C)COC2)c(F)c1-c1ccc2cc(N)ncc2c1. The lowest BCUT2D eigenvalue weighted by Gasteiger charge is -2.37. The van der Waals surface area contributed by atoms with Crippen molar-refractivity contribution in [2.24, 2.45) is 5.41 Å². The fourth-order valence-corrected chi connectivity index (χ4v) is 3.59. The normalized spacial score (nSPS) is 15.5. The third-order valence-electron chi connectivity index (χ3n) is 5.17. The van der Waals surface area contributed by atoms with Crippen molar-refractivity contribution >= 4 is 22.4 Å². The van der Waals surface area contributed by atoms with E-state index < -0.39 is 5.82 Å². The summed E-state index contributed by atoms with van der Waals surface area (Å²) in [5.41, 5.74) is 7.63. The van der Waals surface area contributed by atoms with Crippen LogP contribution in [0.3, 0.4) is 0 Å². The van der Waals surface area contributed by atoms with Gasteiger partial charge in [0.05, 0.1) is 18.8 Å². The van der Waals surface area contributed by atoms with Gasteiger partial charge in [0.1, 0.15) is 11.6 Å². The minimum Gasteiger partial charge on any atom is -0.384 e. The van der Waals surface area contributed by atoms with Crippen molar-refractivity contribution in [3.05, 3.63) is 59.5 Å². The number of benzene rings is 2. The van der Waals surface area contributed by atoms with E-state index in [0.29, 0.717) is 24.6 Å². The minimum atomic E-state index is -0.466. The quantitative estimate of drug-likeness (QED) is 0.690. The lowest BCUT2D eigenvalue weighted by Crippen LogP contribution is -2.41. The molecular formula is C22H21FN2O2. The van der Waals surface area contributed by atoms with Crippen LogP contribution in [0.5, 0.6) is 0 Å². The second kappa shape index (κ2) is 6.43. The van der Waals surface area contributed by atoms with Gasteiger partial charge < -0.3 is 10.5 Å². The average molecular weight is 364 g/mol. The summed E-state index contributed by atoms with van der Waals surface area (Å²) >= 11 is 0. The van der Waals surface area contributed by atoms with Crippen LogP contribution in [0.15, 0.2) is 42.6 Å². The highest BCUT2D eigenvalue weighted by Crippen LogP contribution is 2.35. The van der Waals surface area contributed by atoms with Crippen molar-refractivity contribution in [3.8, 4) is 11.1 Å². The monoisotopic (exact) mass is 364 g/mol. The van der Waals surface area contributed by atoms with Gasteiger partial charge in [-0.2, -0.15) is 0 Å². The molecule has 0 saturated carbocycles. The summed E-state index contributed by atoms with van der Waals surface area (Å²) in [7, 11) is 0. The summed E-state index contributed by atoms with van der Waals surface area (Å²) in [4.78, 5) is 16.8. The van der Waals surface area contributed by atoms with Gasteiger partial charge in [-0.05, 0) is 41.6 Å². The fourth-order valence-electron chi connectivity index (χ4n) is 3.59. The molecule has 2 aromatic carbocycles. The number of carbonyl (C=O) groups is 1. The molecule has 0 atom stereocenters. The molecule has 4 rings (SSSR count). The summed E-state index contributed by atoms with van der Waals surface area (Å²) in [6.45, 7) is 4.92. The zero-order chi connectivity index (χ0) is 19.2. The molecule has 4 nitrogen and oxygen atoms in total. The Morgan fingerprint density at radius 1 is 1.22 bits per heavy atom. The molecule has 3 aromatic rings. The molecule has 2 N–H and O–H groups in total. The van der Waals surface area contributed by atoms with E-state index in [1.165, 1.54) is 0 Å². The molecule has 27 heavy (non-hydrogen) atoms. The molecule has 1 aromatic heterocycles. The molecule has 1 aliphatic heterocycles. The standard InChI is InChI=1S/C22H21FN2O2/c1-13-3-6-17(18(26)9-22(2)11-27-12-22)21(23)20(13)15-5-4-14-8-19(24)25-10-16(14)7-15/h3-8,10H,9,11-12H2,1-2H3,(H2,24,25). The Labute approximate surface area is 157 Å². The van der Waals surface area contributed by atoms with Crippen molar-refractivity contribution < 1.29 is 13.9 Å². The first-order valence-electron chi connectivity index (χ1n) is 8.92. The van der Waals surface area contributed by atoms with Gasteiger partial charge in [-0.3, -0.25) is 4.79 Å². The first-order chi connectivity index (χ1) is 12.9. The van der Waals surface area contributed by atoms with Crippen LogP contribution in [-0.4, -0.2) is 24.0 Å². The van der Waals surface area contributed by atoms with Crippen LogP contribution in [0.2, 0.25) is 0 Å². The maximum Gasteiger partial charge on any atom is 0.166 e. The highest BCUT2D eigenvalue weighted by molar-refractivity contribution is 5.99. The van der Waals surface area contributed by atoms with Crippen LogP contribution in [0.1, 0.15) is 29.3 Å². The van der Waals surface area contributed by atoms with E-state index in [2.05, 4.69) is 4.98 Å². The van der Waals surface area contributed by atoms with Crippen molar-refractivity contribution in [3.63, 3.8) is 0 Å². The predicted octanol–water partition coefficient (Wildman–Crippen LogP) is 4.54. The van der Waals surface area contributed by atoms with E-state index in [0.717, 1.165) is 21.9 Å². The van der Waals surface area contributed by atoms with Gasteiger partial charge in [-0.15, -0.1) is 0 Å². The molecule has 0 aliphatic carbocycles. The number of carbonyl (C=O) groups excluding carboxylic acids is 1.